The molecule has 110 valence electrons. The lowest BCUT2D eigenvalue weighted by Crippen LogP contribution is -2.33. The maximum absolute atomic E-state index is 12.1. The van der Waals surface area contributed by atoms with E-state index in [2.05, 4.69) is 4.90 Å². The van der Waals surface area contributed by atoms with Gasteiger partial charge in [-0.15, -0.1) is 0 Å². The second-order valence-corrected chi connectivity index (χ2v) is 5.39. The Hall–Kier alpha value is -1.55. The predicted octanol–water partition coefficient (Wildman–Crippen LogP) is 2.52. The molecule has 0 aliphatic carbocycles. The summed E-state index contributed by atoms with van der Waals surface area (Å²) in [5.74, 6) is -0.377. The standard InChI is InChI=1S/C16H23NO3/c1-20-16(19)15(13-7-6-8-14(18)11-13)12-17-9-4-2-3-5-10-17/h6-8,11,15,18H,2-5,9-10,12H2,1H3. The highest BCUT2D eigenvalue weighted by Crippen LogP contribution is 2.23. The van der Waals surface area contributed by atoms with Crippen LogP contribution in [0.15, 0.2) is 24.3 Å². The lowest BCUT2D eigenvalue weighted by atomic mass is 9.98. The number of benzene rings is 1. The van der Waals surface area contributed by atoms with Gasteiger partial charge in [0.2, 0.25) is 0 Å². The molecular weight excluding hydrogens is 254 g/mol. The third-order valence-electron chi connectivity index (χ3n) is 3.90. The highest BCUT2D eigenvalue weighted by Gasteiger charge is 2.25. The van der Waals surface area contributed by atoms with Crippen molar-refractivity contribution in [2.75, 3.05) is 26.7 Å². The van der Waals surface area contributed by atoms with Crippen molar-refractivity contribution in [1.29, 1.82) is 0 Å². The lowest BCUT2D eigenvalue weighted by molar-refractivity contribution is -0.142. The number of hydrogen-bond acceptors (Lipinski definition) is 4. The van der Waals surface area contributed by atoms with Crippen LogP contribution in [0.3, 0.4) is 0 Å². The van der Waals surface area contributed by atoms with E-state index in [0.717, 1.165) is 18.7 Å². The molecule has 0 amide bonds. The Morgan fingerprint density at radius 1 is 1.30 bits per heavy atom. The smallest absolute Gasteiger partial charge is 0.314 e. The van der Waals surface area contributed by atoms with E-state index in [9.17, 15) is 9.90 Å². The molecule has 1 N–H and O–H groups in total. The highest BCUT2D eigenvalue weighted by atomic mass is 16.5. The minimum Gasteiger partial charge on any atom is -0.508 e. The van der Waals surface area contributed by atoms with E-state index in [-0.39, 0.29) is 17.6 Å². The molecule has 1 aromatic rings. The minimum absolute atomic E-state index is 0.187. The summed E-state index contributed by atoms with van der Waals surface area (Å²) in [6.07, 6.45) is 4.92. The summed E-state index contributed by atoms with van der Waals surface area (Å²) in [5, 5.41) is 9.60. The molecule has 0 spiro atoms. The Bertz CT molecular complexity index is 439. The van der Waals surface area contributed by atoms with Crippen LogP contribution in [0.25, 0.3) is 0 Å². The fourth-order valence-electron chi connectivity index (χ4n) is 2.78. The van der Waals surface area contributed by atoms with Gasteiger partial charge in [0.25, 0.3) is 0 Å². The molecule has 2 rings (SSSR count). The first-order chi connectivity index (χ1) is 9.70. The van der Waals surface area contributed by atoms with Crippen molar-refractivity contribution in [3.05, 3.63) is 29.8 Å². The molecule has 0 saturated carbocycles. The van der Waals surface area contributed by atoms with Gasteiger partial charge in [-0.1, -0.05) is 25.0 Å². The maximum Gasteiger partial charge on any atom is 0.314 e. The molecule has 1 unspecified atom stereocenters. The quantitative estimate of drug-likeness (QED) is 0.859. The molecular formula is C16H23NO3. The van der Waals surface area contributed by atoms with Gasteiger partial charge >= 0.3 is 5.97 Å². The summed E-state index contributed by atoms with van der Waals surface area (Å²) in [7, 11) is 1.42. The highest BCUT2D eigenvalue weighted by molar-refractivity contribution is 5.78. The number of nitrogens with zero attached hydrogens (tertiary/aromatic N) is 1. The average molecular weight is 277 g/mol. The Morgan fingerprint density at radius 3 is 2.60 bits per heavy atom. The molecule has 0 bridgehead atoms. The Morgan fingerprint density at radius 2 is 2.00 bits per heavy atom. The molecule has 1 fully saturated rings. The van der Waals surface area contributed by atoms with E-state index in [1.54, 1.807) is 18.2 Å². The van der Waals surface area contributed by atoms with Crippen LogP contribution in [0.4, 0.5) is 0 Å². The molecule has 1 aromatic carbocycles. The number of rotatable bonds is 4. The van der Waals surface area contributed by atoms with Crippen molar-refractivity contribution < 1.29 is 14.6 Å². The number of likely N-dealkylation sites (tertiary alicyclic amines) is 1. The molecule has 0 radical (unpaired) electrons. The fourth-order valence-corrected chi connectivity index (χ4v) is 2.78. The second-order valence-electron chi connectivity index (χ2n) is 5.39. The first-order valence-corrected chi connectivity index (χ1v) is 7.30. The molecule has 1 atom stereocenters. The summed E-state index contributed by atoms with van der Waals surface area (Å²) in [6, 6.07) is 6.91. The second kappa shape index (κ2) is 7.29. The zero-order valence-corrected chi connectivity index (χ0v) is 12.0. The molecule has 4 heteroatoms. The number of esters is 1. The van der Waals surface area contributed by atoms with E-state index in [0.29, 0.717) is 6.54 Å². The minimum atomic E-state index is -0.329. The van der Waals surface area contributed by atoms with E-state index >= 15 is 0 Å². The first-order valence-electron chi connectivity index (χ1n) is 7.30. The number of carbonyl (C=O) groups is 1. The van der Waals surface area contributed by atoms with Crippen molar-refractivity contribution >= 4 is 5.97 Å². The molecule has 1 saturated heterocycles. The van der Waals surface area contributed by atoms with Crippen LogP contribution in [0.2, 0.25) is 0 Å². The van der Waals surface area contributed by atoms with Crippen LogP contribution in [-0.4, -0.2) is 42.7 Å². The van der Waals surface area contributed by atoms with E-state index in [4.69, 9.17) is 4.74 Å². The largest absolute Gasteiger partial charge is 0.508 e. The van der Waals surface area contributed by atoms with Gasteiger partial charge in [0.1, 0.15) is 5.75 Å². The van der Waals surface area contributed by atoms with Crippen LogP contribution < -0.4 is 0 Å². The summed E-state index contributed by atoms with van der Waals surface area (Å²) in [6.45, 7) is 2.73. The number of carbonyl (C=O) groups excluding carboxylic acids is 1. The monoisotopic (exact) mass is 277 g/mol. The Kier molecular flexibility index (Phi) is 5.41. The van der Waals surface area contributed by atoms with Crippen molar-refractivity contribution in [2.24, 2.45) is 0 Å². The number of hydrogen-bond donors (Lipinski definition) is 1. The van der Waals surface area contributed by atoms with Crippen molar-refractivity contribution in [2.45, 2.75) is 31.6 Å². The molecule has 20 heavy (non-hydrogen) atoms. The summed E-state index contributed by atoms with van der Waals surface area (Å²) in [4.78, 5) is 14.4. The Labute approximate surface area is 120 Å². The third kappa shape index (κ3) is 3.97. The maximum atomic E-state index is 12.1. The number of methoxy groups -OCH3 is 1. The van der Waals surface area contributed by atoms with Crippen LogP contribution in [0.5, 0.6) is 5.75 Å². The van der Waals surface area contributed by atoms with Crippen LogP contribution in [0, 0.1) is 0 Å². The van der Waals surface area contributed by atoms with E-state index in [1.165, 1.54) is 32.8 Å². The summed E-state index contributed by atoms with van der Waals surface area (Å²) >= 11 is 0. The normalized spacial score (nSPS) is 18.2. The van der Waals surface area contributed by atoms with Crippen LogP contribution in [0.1, 0.15) is 37.2 Å². The van der Waals surface area contributed by atoms with E-state index in [1.807, 2.05) is 6.07 Å². The Balaban J connectivity index is 2.12. The topological polar surface area (TPSA) is 49.8 Å². The SMILES string of the molecule is COC(=O)C(CN1CCCCCC1)c1cccc(O)c1. The van der Waals surface area contributed by atoms with Gasteiger partial charge in [0.05, 0.1) is 13.0 Å². The molecule has 1 aliphatic rings. The van der Waals surface area contributed by atoms with Gasteiger partial charge in [0.15, 0.2) is 0 Å². The first kappa shape index (κ1) is 14.9. The van der Waals surface area contributed by atoms with Crippen molar-refractivity contribution in [1.82, 2.24) is 4.90 Å². The zero-order chi connectivity index (χ0) is 14.4. The number of phenols is 1. The average Bonchev–Trinajstić information content (AvgIpc) is 2.72. The molecule has 4 nitrogen and oxygen atoms in total. The molecule has 0 aromatic heterocycles. The van der Waals surface area contributed by atoms with Gasteiger partial charge in [-0.05, 0) is 43.6 Å². The van der Waals surface area contributed by atoms with Crippen LogP contribution in [-0.2, 0) is 9.53 Å². The number of aromatic hydroxyl groups is 1. The molecule has 1 aliphatic heterocycles. The van der Waals surface area contributed by atoms with Gasteiger partial charge in [0, 0.05) is 6.54 Å². The third-order valence-corrected chi connectivity index (χ3v) is 3.90. The van der Waals surface area contributed by atoms with Crippen molar-refractivity contribution in [3.63, 3.8) is 0 Å². The van der Waals surface area contributed by atoms with Gasteiger partial charge < -0.3 is 14.7 Å². The number of phenolic OH excluding ortho intramolecular Hbond substituents is 1. The van der Waals surface area contributed by atoms with Gasteiger partial charge in [-0.2, -0.15) is 0 Å². The zero-order valence-electron chi connectivity index (χ0n) is 12.0. The predicted molar refractivity (Wildman–Crippen MR) is 77.8 cm³/mol. The van der Waals surface area contributed by atoms with Gasteiger partial charge in [-0.3, -0.25) is 4.79 Å². The lowest BCUT2D eigenvalue weighted by Gasteiger charge is -2.25. The van der Waals surface area contributed by atoms with Crippen LogP contribution >= 0.6 is 0 Å². The summed E-state index contributed by atoms with van der Waals surface area (Å²) < 4.78 is 4.93. The summed E-state index contributed by atoms with van der Waals surface area (Å²) in [5.41, 5.74) is 0.820. The van der Waals surface area contributed by atoms with Crippen molar-refractivity contribution in [3.8, 4) is 5.75 Å². The molecule has 1 heterocycles. The fraction of sp³-hybridized carbons (Fsp3) is 0.562. The number of ether oxygens (including phenoxy) is 1. The van der Waals surface area contributed by atoms with Gasteiger partial charge in [-0.25, -0.2) is 0 Å². The van der Waals surface area contributed by atoms with E-state index < -0.39 is 0 Å².